The van der Waals surface area contributed by atoms with Crippen molar-refractivity contribution in [2.45, 2.75) is 76.5 Å². The second-order valence-electron chi connectivity index (χ2n) is 9.42. The lowest BCUT2D eigenvalue weighted by Gasteiger charge is -2.37. The van der Waals surface area contributed by atoms with E-state index in [1.54, 1.807) is 0 Å². The summed E-state index contributed by atoms with van der Waals surface area (Å²) >= 11 is 0. The molecule has 0 spiro atoms. The number of likely N-dealkylation sites (tertiary alicyclic amines) is 1. The minimum Gasteiger partial charge on any atom is -0.481 e. The van der Waals surface area contributed by atoms with Crippen LogP contribution in [0.25, 0.3) is 10.8 Å². The molecule has 0 amide bonds. The van der Waals surface area contributed by atoms with Crippen molar-refractivity contribution in [1.82, 2.24) is 4.90 Å². The number of fused-ring (bicyclic) bond motifs is 1. The summed E-state index contributed by atoms with van der Waals surface area (Å²) in [6.45, 7) is 3.13. The van der Waals surface area contributed by atoms with Crippen molar-refractivity contribution >= 4 is 16.7 Å². The van der Waals surface area contributed by atoms with E-state index in [9.17, 15) is 4.79 Å². The Hall–Kier alpha value is -2.17. The zero-order valence-electron chi connectivity index (χ0n) is 19.1. The van der Waals surface area contributed by atoms with Gasteiger partial charge in [-0.3, -0.25) is 4.79 Å². The van der Waals surface area contributed by atoms with Gasteiger partial charge in [-0.25, -0.2) is 0 Å². The number of hydrogen-bond donors (Lipinski definition) is 1. The number of carboxylic acid groups (broad SMARTS) is 1. The van der Waals surface area contributed by atoms with Crippen molar-refractivity contribution in [3.8, 4) is 0 Å². The van der Waals surface area contributed by atoms with Crippen LogP contribution in [0, 0.1) is 5.92 Å². The number of ether oxygens (including phenoxy) is 1. The maximum absolute atomic E-state index is 10.7. The largest absolute Gasteiger partial charge is 0.481 e. The van der Waals surface area contributed by atoms with E-state index >= 15 is 0 Å². The monoisotopic (exact) mass is 435 g/mol. The summed E-state index contributed by atoms with van der Waals surface area (Å²) in [6, 6.07) is 15.8. The highest BCUT2D eigenvalue weighted by atomic mass is 16.5. The molecule has 0 unspecified atom stereocenters. The van der Waals surface area contributed by atoms with Crippen molar-refractivity contribution < 1.29 is 14.6 Å². The van der Waals surface area contributed by atoms with Gasteiger partial charge >= 0.3 is 5.97 Å². The summed E-state index contributed by atoms with van der Waals surface area (Å²) in [7, 11) is 0. The third-order valence-corrected chi connectivity index (χ3v) is 7.21. The van der Waals surface area contributed by atoms with E-state index in [1.807, 2.05) is 6.08 Å². The fourth-order valence-electron chi connectivity index (χ4n) is 5.56. The zero-order valence-corrected chi connectivity index (χ0v) is 19.1. The lowest BCUT2D eigenvalue weighted by Crippen LogP contribution is -2.43. The van der Waals surface area contributed by atoms with E-state index in [0.29, 0.717) is 31.1 Å². The lowest BCUT2D eigenvalue weighted by molar-refractivity contribution is -0.136. The Bertz CT molecular complexity index is 902. The lowest BCUT2D eigenvalue weighted by atomic mass is 9.93. The molecule has 2 fully saturated rings. The average molecular weight is 436 g/mol. The van der Waals surface area contributed by atoms with Crippen molar-refractivity contribution in [1.29, 1.82) is 0 Å². The Morgan fingerprint density at radius 1 is 1.00 bits per heavy atom. The Balaban J connectivity index is 1.37. The van der Waals surface area contributed by atoms with Crippen molar-refractivity contribution in [3.05, 3.63) is 60.2 Å². The maximum atomic E-state index is 10.7. The number of benzene rings is 2. The molecule has 2 aromatic rings. The second-order valence-corrected chi connectivity index (χ2v) is 9.42. The molecule has 1 aliphatic heterocycles. The van der Waals surface area contributed by atoms with E-state index in [-0.39, 0.29) is 6.42 Å². The van der Waals surface area contributed by atoms with Gasteiger partial charge in [0.25, 0.3) is 0 Å². The van der Waals surface area contributed by atoms with Crippen LogP contribution < -0.4 is 0 Å². The van der Waals surface area contributed by atoms with Crippen LogP contribution in [-0.4, -0.2) is 41.2 Å². The van der Waals surface area contributed by atoms with Crippen LogP contribution >= 0.6 is 0 Å². The smallest absolute Gasteiger partial charge is 0.303 e. The summed E-state index contributed by atoms with van der Waals surface area (Å²) in [5.41, 5.74) is 1.25. The van der Waals surface area contributed by atoms with Crippen molar-refractivity contribution in [3.63, 3.8) is 0 Å². The number of aliphatic carboxylic acids is 1. The SMILES string of the molecule is O=C(O)CCC=CCC[C@H]1[C@@H](OCc2ccc3ccccc3c2)CC[C@@H]1N1CCCCC1. The second kappa shape index (κ2) is 11.6. The molecule has 172 valence electrons. The first-order valence-corrected chi connectivity index (χ1v) is 12.4. The van der Waals surface area contributed by atoms with Crippen molar-refractivity contribution in [2.75, 3.05) is 13.1 Å². The van der Waals surface area contributed by atoms with Crippen LogP contribution in [0.2, 0.25) is 0 Å². The van der Waals surface area contributed by atoms with E-state index in [1.165, 1.54) is 55.1 Å². The van der Waals surface area contributed by atoms with Crippen molar-refractivity contribution in [2.24, 2.45) is 5.92 Å². The van der Waals surface area contributed by atoms with Gasteiger partial charge in [0.15, 0.2) is 0 Å². The van der Waals surface area contributed by atoms with Gasteiger partial charge in [-0.05, 0) is 80.4 Å². The Kier molecular flexibility index (Phi) is 8.36. The van der Waals surface area contributed by atoms with Crippen LogP contribution in [0.15, 0.2) is 54.6 Å². The molecule has 4 nitrogen and oxygen atoms in total. The molecule has 1 aliphatic carbocycles. The third-order valence-electron chi connectivity index (χ3n) is 7.21. The molecule has 4 rings (SSSR count). The topological polar surface area (TPSA) is 49.8 Å². The van der Waals surface area contributed by atoms with Crippen LogP contribution in [0.3, 0.4) is 0 Å². The molecular formula is C28H37NO3. The number of allylic oxidation sites excluding steroid dienone is 2. The molecule has 0 radical (unpaired) electrons. The zero-order chi connectivity index (χ0) is 22.2. The number of carbonyl (C=O) groups is 1. The van der Waals surface area contributed by atoms with Gasteiger partial charge in [-0.15, -0.1) is 0 Å². The van der Waals surface area contributed by atoms with Gasteiger partial charge in [0.05, 0.1) is 12.7 Å². The fraction of sp³-hybridized carbons (Fsp3) is 0.536. The molecule has 0 aromatic heterocycles. The van der Waals surface area contributed by atoms with Crippen LogP contribution in [0.5, 0.6) is 0 Å². The van der Waals surface area contributed by atoms with E-state index in [4.69, 9.17) is 9.84 Å². The molecule has 3 atom stereocenters. The molecule has 2 aliphatic rings. The molecule has 1 N–H and O–H groups in total. The molecular weight excluding hydrogens is 398 g/mol. The Morgan fingerprint density at radius 3 is 2.59 bits per heavy atom. The molecule has 4 heteroatoms. The standard InChI is InChI=1S/C28H37NO3/c30-28(31)13-5-2-1-4-12-25-26(29-18-8-3-9-19-29)16-17-27(25)32-21-22-14-15-23-10-6-7-11-24(23)20-22/h1-2,6-7,10-11,14-15,20,25-27H,3-5,8-9,12-13,16-19,21H2,(H,30,31)/t25-,26+,27+/m1/s1. The van der Waals surface area contributed by atoms with Crippen LogP contribution in [-0.2, 0) is 16.1 Å². The highest BCUT2D eigenvalue weighted by Gasteiger charge is 2.39. The number of hydrogen-bond acceptors (Lipinski definition) is 3. The predicted molar refractivity (Wildman–Crippen MR) is 130 cm³/mol. The first-order valence-electron chi connectivity index (χ1n) is 12.4. The number of nitrogens with zero attached hydrogens (tertiary/aromatic N) is 1. The van der Waals surface area contributed by atoms with E-state index < -0.39 is 5.97 Å². The normalized spacial score (nSPS) is 24.4. The summed E-state index contributed by atoms with van der Waals surface area (Å²) in [5.74, 6) is -0.171. The average Bonchev–Trinajstić information content (AvgIpc) is 3.23. The summed E-state index contributed by atoms with van der Waals surface area (Å²) in [6.07, 6.45) is 13.9. The molecule has 1 saturated heterocycles. The minimum absolute atomic E-state index is 0.216. The number of rotatable bonds is 10. The van der Waals surface area contributed by atoms with Gasteiger partial charge < -0.3 is 14.7 Å². The summed E-state index contributed by atoms with van der Waals surface area (Å²) < 4.78 is 6.55. The quantitative estimate of drug-likeness (QED) is 0.452. The summed E-state index contributed by atoms with van der Waals surface area (Å²) in [4.78, 5) is 13.4. The van der Waals surface area contributed by atoms with E-state index in [0.717, 1.165) is 19.3 Å². The molecule has 2 aromatic carbocycles. The Morgan fingerprint density at radius 2 is 1.78 bits per heavy atom. The summed E-state index contributed by atoms with van der Waals surface area (Å²) in [5, 5.41) is 11.4. The predicted octanol–water partition coefficient (Wildman–Crippen LogP) is 6.19. The maximum Gasteiger partial charge on any atom is 0.303 e. The third kappa shape index (κ3) is 6.20. The van der Waals surface area contributed by atoms with Gasteiger partial charge in [-0.1, -0.05) is 55.0 Å². The van der Waals surface area contributed by atoms with Gasteiger partial charge in [0.1, 0.15) is 0 Å². The molecule has 1 heterocycles. The number of carboxylic acids is 1. The van der Waals surface area contributed by atoms with Gasteiger partial charge in [0.2, 0.25) is 0 Å². The first-order chi connectivity index (χ1) is 15.7. The van der Waals surface area contributed by atoms with Crippen LogP contribution in [0.1, 0.15) is 63.4 Å². The first kappa shape index (κ1) is 23.0. The minimum atomic E-state index is -0.724. The molecule has 1 saturated carbocycles. The fourth-order valence-corrected chi connectivity index (χ4v) is 5.56. The molecule has 32 heavy (non-hydrogen) atoms. The highest BCUT2D eigenvalue weighted by molar-refractivity contribution is 5.82. The highest BCUT2D eigenvalue weighted by Crippen LogP contribution is 2.37. The van der Waals surface area contributed by atoms with Gasteiger partial charge in [0, 0.05) is 18.4 Å². The van der Waals surface area contributed by atoms with Gasteiger partial charge in [-0.2, -0.15) is 0 Å². The number of piperidine rings is 1. The van der Waals surface area contributed by atoms with Crippen LogP contribution in [0.4, 0.5) is 0 Å². The Labute approximate surface area is 192 Å². The molecule has 0 bridgehead atoms. The van der Waals surface area contributed by atoms with E-state index in [2.05, 4.69) is 53.4 Å².